The van der Waals surface area contributed by atoms with Crippen molar-refractivity contribution in [1.29, 1.82) is 0 Å². The van der Waals surface area contributed by atoms with E-state index in [4.69, 9.17) is 0 Å². The van der Waals surface area contributed by atoms with Crippen molar-refractivity contribution >= 4 is 10.0 Å². The molecule has 1 heterocycles. The first-order valence-corrected chi connectivity index (χ1v) is 10.2. The lowest BCUT2D eigenvalue weighted by atomic mass is 9.68. The van der Waals surface area contributed by atoms with Crippen LogP contribution in [0.4, 0.5) is 0 Å². The second-order valence-electron chi connectivity index (χ2n) is 8.45. The van der Waals surface area contributed by atoms with Gasteiger partial charge in [-0.25, -0.2) is 12.7 Å². The Morgan fingerprint density at radius 1 is 1.10 bits per heavy atom. The summed E-state index contributed by atoms with van der Waals surface area (Å²) in [5, 5.41) is 3.93. The Balaban J connectivity index is 1.63. The van der Waals surface area contributed by atoms with Crippen molar-refractivity contribution in [2.45, 2.75) is 65.0 Å². The van der Waals surface area contributed by atoms with E-state index in [0.29, 0.717) is 36.0 Å². The van der Waals surface area contributed by atoms with Crippen molar-refractivity contribution in [2.24, 2.45) is 16.7 Å². The third-order valence-electron chi connectivity index (χ3n) is 6.60. The van der Waals surface area contributed by atoms with Crippen LogP contribution in [0.2, 0.25) is 0 Å². The summed E-state index contributed by atoms with van der Waals surface area (Å²) in [5.74, 6) is 0.858. The van der Waals surface area contributed by atoms with Gasteiger partial charge in [0, 0.05) is 25.2 Å². The van der Waals surface area contributed by atoms with Crippen molar-refractivity contribution in [3.8, 4) is 0 Å². The van der Waals surface area contributed by atoms with E-state index >= 15 is 0 Å². The van der Waals surface area contributed by atoms with Crippen molar-refractivity contribution in [2.75, 3.05) is 19.3 Å². The van der Waals surface area contributed by atoms with Gasteiger partial charge in [0.2, 0.25) is 10.0 Å². The summed E-state index contributed by atoms with van der Waals surface area (Å²) >= 11 is 0. The van der Waals surface area contributed by atoms with Gasteiger partial charge in [-0.2, -0.15) is 0 Å². The van der Waals surface area contributed by atoms with E-state index in [1.807, 2.05) is 0 Å². The summed E-state index contributed by atoms with van der Waals surface area (Å²) in [6, 6.07) is 1.06. The molecule has 5 heteroatoms. The van der Waals surface area contributed by atoms with Gasteiger partial charge < -0.3 is 5.32 Å². The van der Waals surface area contributed by atoms with Crippen LogP contribution in [0.25, 0.3) is 0 Å². The molecule has 21 heavy (non-hydrogen) atoms. The summed E-state index contributed by atoms with van der Waals surface area (Å²) in [5.41, 5.74) is 0.823. The Bertz CT molecular complexity index is 504. The number of piperidine rings is 1. The number of fused-ring (bicyclic) bond motifs is 2. The average molecular weight is 314 g/mol. The van der Waals surface area contributed by atoms with Gasteiger partial charge in [0.05, 0.1) is 6.26 Å². The number of rotatable bonds is 3. The molecule has 1 aliphatic heterocycles. The number of sulfonamides is 1. The van der Waals surface area contributed by atoms with Gasteiger partial charge in [-0.05, 0) is 48.9 Å². The third-order valence-corrected chi connectivity index (χ3v) is 7.90. The third kappa shape index (κ3) is 2.66. The van der Waals surface area contributed by atoms with Gasteiger partial charge in [-0.3, -0.25) is 0 Å². The molecule has 2 bridgehead atoms. The molecular formula is C16H30N2O2S. The molecule has 3 rings (SSSR count). The van der Waals surface area contributed by atoms with Crippen LogP contribution < -0.4 is 5.32 Å². The van der Waals surface area contributed by atoms with Gasteiger partial charge in [-0.15, -0.1) is 0 Å². The number of nitrogens with one attached hydrogen (secondary N) is 1. The lowest BCUT2D eigenvalue weighted by Crippen LogP contribution is -2.56. The predicted octanol–water partition coefficient (Wildman–Crippen LogP) is 2.21. The molecule has 0 amide bonds. The van der Waals surface area contributed by atoms with E-state index in [2.05, 4.69) is 26.1 Å². The maximum atomic E-state index is 11.6. The molecule has 0 aromatic heterocycles. The molecule has 0 aromatic rings. The molecule has 122 valence electrons. The molecule has 3 fully saturated rings. The smallest absolute Gasteiger partial charge is 0.211 e. The molecule has 0 radical (unpaired) electrons. The lowest BCUT2D eigenvalue weighted by Gasteiger charge is -2.46. The number of hydrogen-bond acceptors (Lipinski definition) is 3. The quantitative estimate of drug-likeness (QED) is 0.869. The Morgan fingerprint density at radius 3 is 2.19 bits per heavy atom. The maximum Gasteiger partial charge on any atom is 0.211 e. The monoisotopic (exact) mass is 314 g/mol. The maximum absolute atomic E-state index is 11.6. The molecule has 3 aliphatic rings. The van der Waals surface area contributed by atoms with Crippen LogP contribution in [0.3, 0.4) is 0 Å². The molecule has 0 aromatic carbocycles. The molecule has 3 atom stereocenters. The molecule has 1 N–H and O–H groups in total. The van der Waals surface area contributed by atoms with Gasteiger partial charge in [0.15, 0.2) is 0 Å². The Hall–Kier alpha value is -0.130. The highest BCUT2D eigenvalue weighted by Crippen LogP contribution is 2.62. The summed E-state index contributed by atoms with van der Waals surface area (Å²) in [6.45, 7) is 8.63. The van der Waals surface area contributed by atoms with Crippen LogP contribution in [0.1, 0.15) is 52.9 Å². The summed E-state index contributed by atoms with van der Waals surface area (Å²) < 4.78 is 24.8. The first-order valence-electron chi connectivity index (χ1n) is 8.34. The van der Waals surface area contributed by atoms with Crippen LogP contribution in [0, 0.1) is 16.7 Å². The molecule has 1 saturated heterocycles. The minimum Gasteiger partial charge on any atom is -0.310 e. The normalized spacial score (nSPS) is 40.8. The van der Waals surface area contributed by atoms with Crippen molar-refractivity contribution < 1.29 is 8.42 Å². The van der Waals surface area contributed by atoms with E-state index in [0.717, 1.165) is 18.8 Å². The van der Waals surface area contributed by atoms with E-state index in [-0.39, 0.29) is 0 Å². The highest BCUT2D eigenvalue weighted by molar-refractivity contribution is 7.88. The Kier molecular flexibility index (Phi) is 3.70. The van der Waals surface area contributed by atoms with E-state index in [1.165, 1.54) is 25.5 Å². The van der Waals surface area contributed by atoms with Gasteiger partial charge in [-0.1, -0.05) is 20.8 Å². The minimum atomic E-state index is -3.01. The minimum absolute atomic E-state index is 0.376. The van der Waals surface area contributed by atoms with Crippen LogP contribution in [-0.2, 0) is 10.0 Å². The second kappa shape index (κ2) is 4.93. The predicted molar refractivity (Wildman–Crippen MR) is 85.6 cm³/mol. The van der Waals surface area contributed by atoms with Crippen molar-refractivity contribution in [1.82, 2.24) is 9.62 Å². The second-order valence-corrected chi connectivity index (χ2v) is 10.4. The number of hydrogen-bond donors (Lipinski definition) is 1. The summed E-state index contributed by atoms with van der Waals surface area (Å²) in [7, 11) is -3.01. The Morgan fingerprint density at radius 2 is 1.71 bits per heavy atom. The Labute approximate surface area is 129 Å². The van der Waals surface area contributed by atoms with Gasteiger partial charge >= 0.3 is 0 Å². The van der Waals surface area contributed by atoms with E-state index in [9.17, 15) is 8.42 Å². The lowest BCUT2D eigenvalue weighted by molar-refractivity contribution is 0.0899. The zero-order valence-electron chi connectivity index (χ0n) is 13.9. The SMILES string of the molecule is CC12CCC(C1)C(C)(C)C2NC1CCN(S(C)(=O)=O)CC1. The van der Waals surface area contributed by atoms with Crippen LogP contribution >= 0.6 is 0 Å². The molecule has 2 saturated carbocycles. The van der Waals surface area contributed by atoms with Crippen LogP contribution in [0.15, 0.2) is 0 Å². The van der Waals surface area contributed by atoms with Gasteiger partial charge in [0.1, 0.15) is 0 Å². The summed E-state index contributed by atoms with van der Waals surface area (Å²) in [4.78, 5) is 0. The first kappa shape index (κ1) is 15.8. The van der Waals surface area contributed by atoms with Crippen LogP contribution in [-0.4, -0.2) is 44.2 Å². The zero-order valence-corrected chi connectivity index (χ0v) is 14.7. The van der Waals surface area contributed by atoms with Crippen molar-refractivity contribution in [3.63, 3.8) is 0 Å². The standard InChI is InChI=1S/C16H30N2O2S/c1-15(2)12-5-8-16(3,11-12)14(15)17-13-6-9-18(10-7-13)21(4,19)20/h12-14,17H,5-11H2,1-4H3. The van der Waals surface area contributed by atoms with E-state index in [1.54, 1.807) is 4.31 Å². The van der Waals surface area contributed by atoms with Crippen LogP contribution in [0.5, 0.6) is 0 Å². The highest BCUT2D eigenvalue weighted by Gasteiger charge is 2.59. The van der Waals surface area contributed by atoms with E-state index < -0.39 is 10.0 Å². The zero-order chi connectivity index (χ0) is 15.5. The fraction of sp³-hybridized carbons (Fsp3) is 1.00. The topological polar surface area (TPSA) is 49.4 Å². The molecular weight excluding hydrogens is 284 g/mol. The molecule has 3 unspecified atom stereocenters. The average Bonchev–Trinajstić information content (AvgIpc) is 2.85. The largest absolute Gasteiger partial charge is 0.310 e. The highest BCUT2D eigenvalue weighted by atomic mass is 32.2. The molecule has 2 aliphatic carbocycles. The fourth-order valence-electron chi connectivity index (χ4n) is 5.31. The number of nitrogens with zero attached hydrogens (tertiary/aromatic N) is 1. The molecule has 4 nitrogen and oxygen atoms in total. The van der Waals surface area contributed by atoms with Gasteiger partial charge in [0.25, 0.3) is 0 Å². The first-order chi connectivity index (χ1) is 9.63. The molecule has 0 spiro atoms. The van der Waals surface area contributed by atoms with Crippen molar-refractivity contribution in [3.05, 3.63) is 0 Å². The summed E-state index contributed by atoms with van der Waals surface area (Å²) in [6.07, 6.45) is 7.30. The fourth-order valence-corrected chi connectivity index (χ4v) is 6.18.